The highest BCUT2D eigenvalue weighted by atomic mass is 32.2. The van der Waals surface area contributed by atoms with Crippen molar-refractivity contribution in [3.63, 3.8) is 0 Å². The fraction of sp³-hybridized carbons (Fsp3) is 1.00. The fourth-order valence-corrected chi connectivity index (χ4v) is 1.91. The molecule has 3 unspecified atom stereocenters. The highest BCUT2D eigenvalue weighted by Gasteiger charge is 2.13. The van der Waals surface area contributed by atoms with Gasteiger partial charge in [-0.2, -0.15) is 4.28 Å². The second kappa shape index (κ2) is 6.70. The molecule has 0 saturated heterocycles. The molecule has 0 aromatic carbocycles. The van der Waals surface area contributed by atoms with E-state index in [9.17, 15) is 12.6 Å². The smallest absolute Gasteiger partial charge is 0.170 e. The molecule has 0 saturated carbocycles. The van der Waals surface area contributed by atoms with Crippen LogP contribution < -0.4 is 0 Å². The Bertz CT molecular complexity index is 193. The lowest BCUT2D eigenvalue weighted by molar-refractivity contribution is -0.00544. The standard InChI is InChI=1S/C3H9NO6S3/c1-11(5)10-4(2-12(6)7)3-13(8)9/h2-3H2,1H3,(H,6,7)(H,8,9). The van der Waals surface area contributed by atoms with Crippen LogP contribution >= 0.6 is 0 Å². The SMILES string of the molecule is CS(=O)ON(CS(=O)O)CS(=O)O. The topological polar surface area (TPSA) is 104 Å². The Kier molecular flexibility index (Phi) is 6.85. The second-order valence-electron chi connectivity index (χ2n) is 1.86. The van der Waals surface area contributed by atoms with Crippen molar-refractivity contribution in [1.82, 2.24) is 5.06 Å². The third-order valence-electron chi connectivity index (χ3n) is 0.719. The molecule has 0 radical (unpaired) electrons. The van der Waals surface area contributed by atoms with Crippen LogP contribution in [0.15, 0.2) is 0 Å². The van der Waals surface area contributed by atoms with Crippen LogP contribution in [-0.4, -0.2) is 44.8 Å². The second-order valence-corrected chi connectivity index (χ2v) is 4.61. The fourth-order valence-electron chi connectivity index (χ4n) is 0.475. The first-order chi connectivity index (χ1) is 5.91. The average Bonchev–Trinajstić information content (AvgIpc) is 1.80. The van der Waals surface area contributed by atoms with Gasteiger partial charge in [0.2, 0.25) is 0 Å². The van der Waals surface area contributed by atoms with E-state index in [2.05, 4.69) is 4.28 Å². The van der Waals surface area contributed by atoms with Crippen molar-refractivity contribution in [2.75, 3.05) is 18.0 Å². The molecule has 0 spiro atoms. The first-order valence-corrected chi connectivity index (χ1v) is 6.87. The molecule has 13 heavy (non-hydrogen) atoms. The van der Waals surface area contributed by atoms with Gasteiger partial charge in [-0.25, -0.2) is 12.6 Å². The van der Waals surface area contributed by atoms with Gasteiger partial charge in [0.1, 0.15) is 11.8 Å². The van der Waals surface area contributed by atoms with Gasteiger partial charge < -0.3 is 9.11 Å². The summed E-state index contributed by atoms with van der Waals surface area (Å²) >= 11 is -6.11. The molecule has 7 nitrogen and oxygen atoms in total. The molecule has 80 valence electrons. The number of hydroxylamine groups is 2. The van der Waals surface area contributed by atoms with E-state index >= 15 is 0 Å². The third kappa shape index (κ3) is 8.62. The van der Waals surface area contributed by atoms with E-state index in [4.69, 9.17) is 9.11 Å². The van der Waals surface area contributed by atoms with Crippen LogP contribution in [0.2, 0.25) is 0 Å². The highest BCUT2D eigenvalue weighted by Crippen LogP contribution is 1.96. The number of hydrogen-bond donors (Lipinski definition) is 2. The molecule has 0 amide bonds. The van der Waals surface area contributed by atoms with Gasteiger partial charge in [-0.15, -0.1) is 5.06 Å². The molecule has 0 aliphatic heterocycles. The van der Waals surface area contributed by atoms with Crippen LogP contribution in [0.3, 0.4) is 0 Å². The minimum absolute atomic E-state index is 0.494. The maximum atomic E-state index is 10.5. The van der Waals surface area contributed by atoms with E-state index in [0.29, 0.717) is 5.06 Å². The lowest BCUT2D eigenvalue weighted by atomic mass is 11.2. The minimum atomic E-state index is -2.21. The van der Waals surface area contributed by atoms with Crippen molar-refractivity contribution in [3.05, 3.63) is 0 Å². The van der Waals surface area contributed by atoms with E-state index in [1.807, 2.05) is 0 Å². The Hall–Kier alpha value is 0.290. The summed E-state index contributed by atoms with van der Waals surface area (Å²) in [6, 6.07) is 0. The van der Waals surface area contributed by atoms with Crippen LogP contribution in [0, 0.1) is 0 Å². The van der Waals surface area contributed by atoms with Gasteiger partial charge in [0.15, 0.2) is 33.2 Å². The van der Waals surface area contributed by atoms with E-state index in [0.717, 1.165) is 0 Å². The van der Waals surface area contributed by atoms with Gasteiger partial charge in [-0.05, 0) is 0 Å². The molecule has 0 rings (SSSR count). The van der Waals surface area contributed by atoms with Gasteiger partial charge in [0.05, 0.1) is 0 Å². The van der Waals surface area contributed by atoms with Crippen molar-refractivity contribution < 1.29 is 26.0 Å². The first kappa shape index (κ1) is 13.3. The van der Waals surface area contributed by atoms with E-state index < -0.39 is 45.0 Å². The molecule has 3 atom stereocenters. The Morgan fingerprint density at radius 1 is 1.15 bits per heavy atom. The van der Waals surface area contributed by atoms with Crippen LogP contribution in [0.25, 0.3) is 0 Å². The summed E-state index contributed by atoms with van der Waals surface area (Å²) in [5, 5.41) is 0.697. The third-order valence-corrected chi connectivity index (χ3v) is 2.16. The number of rotatable bonds is 6. The van der Waals surface area contributed by atoms with Crippen LogP contribution in [0.4, 0.5) is 0 Å². The molecular weight excluding hydrogens is 242 g/mol. The molecule has 0 bridgehead atoms. The lowest BCUT2D eigenvalue weighted by Gasteiger charge is -2.14. The highest BCUT2D eigenvalue weighted by molar-refractivity contribution is 7.80. The van der Waals surface area contributed by atoms with Gasteiger partial charge in [-0.3, -0.25) is 0 Å². The van der Waals surface area contributed by atoms with Crippen molar-refractivity contribution in [1.29, 1.82) is 0 Å². The van der Waals surface area contributed by atoms with Crippen LogP contribution in [-0.2, 0) is 37.5 Å². The molecule has 0 aliphatic rings. The normalized spacial score (nSPS) is 18.5. The van der Waals surface area contributed by atoms with Crippen molar-refractivity contribution in [2.45, 2.75) is 0 Å². The lowest BCUT2D eigenvalue weighted by Crippen LogP contribution is -2.31. The zero-order valence-electron chi connectivity index (χ0n) is 6.61. The molecule has 0 aromatic rings. The summed E-state index contributed by atoms with van der Waals surface area (Å²) < 4.78 is 52.4. The Morgan fingerprint density at radius 3 is 1.77 bits per heavy atom. The number of hydrogen-bond acceptors (Lipinski definition) is 5. The summed E-state index contributed by atoms with van der Waals surface area (Å²) in [4.78, 5) is 0. The monoisotopic (exact) mass is 251 g/mol. The van der Waals surface area contributed by atoms with Crippen LogP contribution in [0.1, 0.15) is 0 Å². The van der Waals surface area contributed by atoms with E-state index in [1.165, 1.54) is 6.26 Å². The van der Waals surface area contributed by atoms with Gasteiger partial charge in [-0.1, -0.05) is 0 Å². The summed E-state index contributed by atoms with van der Waals surface area (Å²) in [6.07, 6.45) is 1.19. The first-order valence-electron chi connectivity index (χ1n) is 2.83. The quantitative estimate of drug-likeness (QED) is 0.454. The molecular formula is C3H9NO6S3. The summed E-state index contributed by atoms with van der Waals surface area (Å²) in [7, 11) is 0. The van der Waals surface area contributed by atoms with E-state index in [-0.39, 0.29) is 0 Å². The molecule has 0 heterocycles. The van der Waals surface area contributed by atoms with Gasteiger partial charge >= 0.3 is 0 Å². The van der Waals surface area contributed by atoms with Crippen molar-refractivity contribution >= 4 is 33.2 Å². The predicted octanol–water partition coefficient (Wildman–Crippen LogP) is -1.13. The van der Waals surface area contributed by atoms with Gasteiger partial charge in [0.25, 0.3) is 0 Å². The molecule has 0 aliphatic carbocycles. The molecule has 10 heteroatoms. The van der Waals surface area contributed by atoms with Crippen LogP contribution in [0.5, 0.6) is 0 Å². The summed E-state index contributed by atoms with van der Waals surface area (Å²) in [5.74, 6) is -0.988. The average molecular weight is 251 g/mol. The zero-order valence-corrected chi connectivity index (χ0v) is 9.06. The Balaban J connectivity index is 4.10. The minimum Gasteiger partial charge on any atom is -0.305 e. The maximum absolute atomic E-state index is 10.5. The summed E-state index contributed by atoms with van der Waals surface area (Å²) in [6.45, 7) is 0. The molecule has 0 fully saturated rings. The maximum Gasteiger partial charge on any atom is 0.170 e. The van der Waals surface area contributed by atoms with E-state index in [1.54, 1.807) is 0 Å². The molecule has 0 aromatic heterocycles. The van der Waals surface area contributed by atoms with Crippen molar-refractivity contribution in [2.24, 2.45) is 0 Å². The predicted molar refractivity (Wildman–Crippen MR) is 48.3 cm³/mol. The summed E-state index contributed by atoms with van der Waals surface area (Å²) in [5.41, 5.74) is 0. The molecule has 2 N–H and O–H groups in total. The largest absolute Gasteiger partial charge is 0.305 e. The van der Waals surface area contributed by atoms with Gasteiger partial charge in [0, 0.05) is 6.26 Å². The number of nitrogens with zero attached hydrogens (tertiary/aromatic N) is 1. The Labute approximate surface area is 82.6 Å². The van der Waals surface area contributed by atoms with Crippen molar-refractivity contribution in [3.8, 4) is 0 Å². The Morgan fingerprint density at radius 2 is 1.54 bits per heavy atom. The zero-order chi connectivity index (χ0) is 10.4.